The second-order valence-corrected chi connectivity index (χ2v) is 2.67. The number of rotatable bonds is 2. The standard InChI is InChI=1S/C8H13N3/c1-3-6(2)8-7(9)4-10-5-11-8/h4-6H,3,9H2,1-2H3/t6-/m1/s1. The SMILES string of the molecule is CC[C@@H](C)c1ncncc1N. The molecule has 0 aliphatic carbocycles. The van der Waals surface area contributed by atoms with Crippen molar-refractivity contribution in [3.05, 3.63) is 18.2 Å². The van der Waals surface area contributed by atoms with Crippen molar-refractivity contribution in [2.24, 2.45) is 0 Å². The molecule has 11 heavy (non-hydrogen) atoms. The summed E-state index contributed by atoms with van der Waals surface area (Å²) >= 11 is 0. The Labute approximate surface area is 66.7 Å². The summed E-state index contributed by atoms with van der Waals surface area (Å²) in [5.41, 5.74) is 7.33. The Balaban J connectivity index is 2.93. The molecule has 0 unspecified atom stereocenters. The van der Waals surface area contributed by atoms with Crippen LogP contribution in [0.15, 0.2) is 12.5 Å². The Morgan fingerprint density at radius 2 is 2.36 bits per heavy atom. The van der Waals surface area contributed by atoms with Crippen LogP contribution in [0, 0.1) is 0 Å². The van der Waals surface area contributed by atoms with Crippen LogP contribution in [0.4, 0.5) is 5.69 Å². The molecular weight excluding hydrogens is 138 g/mol. The lowest BCUT2D eigenvalue weighted by Crippen LogP contribution is -2.01. The van der Waals surface area contributed by atoms with Gasteiger partial charge in [0.2, 0.25) is 0 Å². The van der Waals surface area contributed by atoms with Crippen molar-refractivity contribution >= 4 is 5.69 Å². The number of aromatic nitrogens is 2. The van der Waals surface area contributed by atoms with Crippen LogP contribution >= 0.6 is 0 Å². The molecule has 1 rings (SSSR count). The minimum Gasteiger partial charge on any atom is -0.396 e. The lowest BCUT2D eigenvalue weighted by molar-refractivity contribution is 0.707. The zero-order chi connectivity index (χ0) is 8.27. The van der Waals surface area contributed by atoms with Crippen LogP contribution in [0.25, 0.3) is 0 Å². The number of nitrogens with zero attached hydrogens (tertiary/aromatic N) is 2. The Morgan fingerprint density at radius 3 is 2.91 bits per heavy atom. The Bertz CT molecular complexity index is 235. The molecule has 60 valence electrons. The van der Waals surface area contributed by atoms with E-state index in [0.717, 1.165) is 12.1 Å². The van der Waals surface area contributed by atoms with Gasteiger partial charge >= 0.3 is 0 Å². The average Bonchev–Trinajstić information content (AvgIpc) is 2.04. The highest BCUT2D eigenvalue weighted by Crippen LogP contribution is 2.20. The predicted octanol–water partition coefficient (Wildman–Crippen LogP) is 1.57. The molecule has 0 aliphatic rings. The molecular formula is C8H13N3. The van der Waals surface area contributed by atoms with Crippen molar-refractivity contribution < 1.29 is 0 Å². The first-order valence-electron chi connectivity index (χ1n) is 3.81. The molecule has 1 aromatic heterocycles. The summed E-state index contributed by atoms with van der Waals surface area (Å²) in [6.07, 6.45) is 4.24. The van der Waals surface area contributed by atoms with E-state index in [-0.39, 0.29) is 0 Å². The van der Waals surface area contributed by atoms with E-state index in [1.54, 1.807) is 6.20 Å². The smallest absolute Gasteiger partial charge is 0.115 e. The molecule has 0 aromatic carbocycles. The fourth-order valence-electron chi connectivity index (χ4n) is 0.955. The van der Waals surface area contributed by atoms with Gasteiger partial charge in [-0.05, 0) is 6.42 Å². The van der Waals surface area contributed by atoms with Gasteiger partial charge < -0.3 is 5.73 Å². The zero-order valence-electron chi connectivity index (χ0n) is 6.91. The summed E-state index contributed by atoms with van der Waals surface area (Å²) in [6, 6.07) is 0. The highest BCUT2D eigenvalue weighted by molar-refractivity contribution is 5.41. The average molecular weight is 151 g/mol. The van der Waals surface area contributed by atoms with Gasteiger partial charge in [-0.2, -0.15) is 0 Å². The molecule has 1 heterocycles. The molecule has 3 nitrogen and oxygen atoms in total. The van der Waals surface area contributed by atoms with E-state index < -0.39 is 0 Å². The van der Waals surface area contributed by atoms with Crippen LogP contribution in [-0.2, 0) is 0 Å². The second kappa shape index (κ2) is 3.32. The van der Waals surface area contributed by atoms with Crippen molar-refractivity contribution in [3.63, 3.8) is 0 Å². The van der Waals surface area contributed by atoms with Crippen molar-refractivity contribution in [1.82, 2.24) is 9.97 Å². The first kappa shape index (κ1) is 7.98. The maximum atomic E-state index is 5.67. The third-order valence-electron chi connectivity index (χ3n) is 1.85. The fourth-order valence-corrected chi connectivity index (χ4v) is 0.955. The third kappa shape index (κ3) is 1.67. The number of hydrogen-bond donors (Lipinski definition) is 1. The molecule has 0 spiro atoms. The van der Waals surface area contributed by atoms with Crippen LogP contribution in [0.2, 0.25) is 0 Å². The van der Waals surface area contributed by atoms with Crippen molar-refractivity contribution in [2.45, 2.75) is 26.2 Å². The number of anilines is 1. The molecule has 0 fully saturated rings. The molecule has 3 heteroatoms. The largest absolute Gasteiger partial charge is 0.396 e. The Kier molecular flexibility index (Phi) is 2.41. The lowest BCUT2D eigenvalue weighted by atomic mass is 10.0. The zero-order valence-corrected chi connectivity index (χ0v) is 6.91. The monoisotopic (exact) mass is 151 g/mol. The third-order valence-corrected chi connectivity index (χ3v) is 1.85. The summed E-state index contributed by atoms with van der Waals surface area (Å²) < 4.78 is 0. The fraction of sp³-hybridized carbons (Fsp3) is 0.500. The Hall–Kier alpha value is -1.12. The van der Waals surface area contributed by atoms with Crippen LogP contribution in [-0.4, -0.2) is 9.97 Å². The summed E-state index contributed by atoms with van der Waals surface area (Å²) in [4.78, 5) is 7.94. The summed E-state index contributed by atoms with van der Waals surface area (Å²) in [7, 11) is 0. The van der Waals surface area contributed by atoms with Crippen LogP contribution in [0.1, 0.15) is 31.9 Å². The second-order valence-electron chi connectivity index (χ2n) is 2.67. The highest BCUT2D eigenvalue weighted by atomic mass is 14.9. The maximum absolute atomic E-state index is 5.67. The van der Waals surface area contributed by atoms with Crippen molar-refractivity contribution in [3.8, 4) is 0 Å². The molecule has 0 saturated heterocycles. The first-order valence-corrected chi connectivity index (χ1v) is 3.81. The lowest BCUT2D eigenvalue weighted by Gasteiger charge is -2.08. The number of hydrogen-bond acceptors (Lipinski definition) is 3. The van der Waals surface area contributed by atoms with Gasteiger partial charge in [0.1, 0.15) is 6.33 Å². The van der Waals surface area contributed by atoms with Gasteiger partial charge in [-0.25, -0.2) is 9.97 Å². The minimum absolute atomic E-state index is 0.429. The van der Waals surface area contributed by atoms with E-state index in [4.69, 9.17) is 5.73 Å². The molecule has 0 radical (unpaired) electrons. The number of nitrogen functional groups attached to an aromatic ring is 1. The molecule has 0 saturated carbocycles. The molecule has 0 aliphatic heterocycles. The van der Waals surface area contributed by atoms with Crippen molar-refractivity contribution in [1.29, 1.82) is 0 Å². The van der Waals surface area contributed by atoms with Crippen molar-refractivity contribution in [2.75, 3.05) is 5.73 Å². The van der Waals surface area contributed by atoms with Gasteiger partial charge in [-0.3, -0.25) is 0 Å². The van der Waals surface area contributed by atoms with E-state index in [1.165, 1.54) is 6.33 Å². The maximum Gasteiger partial charge on any atom is 0.115 e. The normalized spacial score (nSPS) is 12.9. The molecule has 0 bridgehead atoms. The van der Waals surface area contributed by atoms with Gasteiger partial charge in [0, 0.05) is 5.92 Å². The quantitative estimate of drug-likeness (QED) is 0.698. The molecule has 1 aromatic rings. The van der Waals surface area contributed by atoms with Crippen LogP contribution in [0.3, 0.4) is 0 Å². The van der Waals surface area contributed by atoms with Crippen LogP contribution < -0.4 is 5.73 Å². The van der Waals surface area contributed by atoms with Gasteiger partial charge in [0.25, 0.3) is 0 Å². The molecule has 2 N–H and O–H groups in total. The molecule has 1 atom stereocenters. The van der Waals surface area contributed by atoms with Crippen LogP contribution in [0.5, 0.6) is 0 Å². The van der Waals surface area contributed by atoms with Gasteiger partial charge in [0.15, 0.2) is 0 Å². The summed E-state index contributed by atoms with van der Waals surface area (Å²) in [6.45, 7) is 4.23. The van der Waals surface area contributed by atoms with Gasteiger partial charge in [-0.15, -0.1) is 0 Å². The summed E-state index contributed by atoms with van der Waals surface area (Å²) in [5.74, 6) is 0.429. The number of nitrogens with two attached hydrogens (primary N) is 1. The van der Waals surface area contributed by atoms with E-state index in [1.807, 2.05) is 0 Å². The van der Waals surface area contributed by atoms with E-state index in [2.05, 4.69) is 23.8 Å². The van der Waals surface area contributed by atoms with E-state index >= 15 is 0 Å². The Morgan fingerprint density at radius 1 is 1.64 bits per heavy atom. The van der Waals surface area contributed by atoms with E-state index in [9.17, 15) is 0 Å². The summed E-state index contributed by atoms with van der Waals surface area (Å²) in [5, 5.41) is 0. The molecule has 0 amide bonds. The minimum atomic E-state index is 0.429. The van der Waals surface area contributed by atoms with E-state index in [0.29, 0.717) is 11.6 Å². The first-order chi connectivity index (χ1) is 5.25. The van der Waals surface area contributed by atoms with Gasteiger partial charge in [0.05, 0.1) is 17.6 Å². The highest BCUT2D eigenvalue weighted by Gasteiger charge is 2.06. The topological polar surface area (TPSA) is 51.8 Å². The van der Waals surface area contributed by atoms with Gasteiger partial charge in [-0.1, -0.05) is 13.8 Å². The predicted molar refractivity (Wildman–Crippen MR) is 45.2 cm³/mol.